The van der Waals surface area contributed by atoms with Gasteiger partial charge in [0.2, 0.25) is 11.8 Å². The van der Waals surface area contributed by atoms with E-state index >= 15 is 0 Å². The van der Waals surface area contributed by atoms with Crippen LogP contribution in [0.2, 0.25) is 0 Å². The van der Waals surface area contributed by atoms with Crippen LogP contribution in [0, 0.1) is 0 Å². The number of rotatable bonds is 4. The van der Waals surface area contributed by atoms with E-state index < -0.39 is 23.8 Å². The predicted molar refractivity (Wildman–Crippen MR) is 47.8 cm³/mol. The van der Waals surface area contributed by atoms with Gasteiger partial charge in [0.1, 0.15) is 0 Å². The number of carbonyl (C=O) groups is 4. The van der Waals surface area contributed by atoms with Crippen LogP contribution in [0.3, 0.4) is 0 Å². The van der Waals surface area contributed by atoms with Crippen LogP contribution in [0.1, 0.15) is 0 Å². The van der Waals surface area contributed by atoms with Crippen molar-refractivity contribution in [3.05, 3.63) is 24.3 Å². The fourth-order valence-corrected chi connectivity index (χ4v) is 0.468. The fourth-order valence-electron chi connectivity index (χ4n) is 0.468. The molecule has 0 bridgehead atoms. The van der Waals surface area contributed by atoms with Gasteiger partial charge in [-0.2, -0.15) is 0 Å². The molecule has 0 aliphatic rings. The Hall–Kier alpha value is -2.44. The molecule has 0 radical (unpaired) electrons. The first-order chi connectivity index (χ1) is 6.91. The molecule has 15 heavy (non-hydrogen) atoms. The molecule has 0 fully saturated rings. The van der Waals surface area contributed by atoms with Crippen molar-refractivity contribution in [2.24, 2.45) is 11.5 Å². The number of hydrogen-bond donors (Lipinski definition) is 2. The zero-order chi connectivity index (χ0) is 11.8. The van der Waals surface area contributed by atoms with Crippen molar-refractivity contribution >= 4 is 23.8 Å². The van der Waals surface area contributed by atoms with Crippen molar-refractivity contribution in [2.75, 3.05) is 0 Å². The number of hydrogen-bond acceptors (Lipinski definition) is 5. The monoisotopic (exact) mass is 212 g/mol. The summed E-state index contributed by atoms with van der Waals surface area (Å²) in [7, 11) is 0. The largest absolute Gasteiger partial charge is 0.387 e. The lowest BCUT2D eigenvalue weighted by Gasteiger charge is -1.92. The molecule has 4 N–H and O–H groups in total. The van der Waals surface area contributed by atoms with E-state index in [-0.39, 0.29) is 0 Å². The second kappa shape index (κ2) is 6.08. The fraction of sp³-hybridized carbons (Fsp3) is 0. The Kier molecular flexibility index (Phi) is 5.09. The van der Waals surface area contributed by atoms with Crippen molar-refractivity contribution in [1.82, 2.24) is 0 Å². The molecule has 0 saturated heterocycles. The van der Waals surface area contributed by atoms with Gasteiger partial charge in [-0.1, -0.05) is 0 Å². The van der Waals surface area contributed by atoms with E-state index in [9.17, 15) is 19.2 Å². The van der Waals surface area contributed by atoms with Crippen LogP contribution in [0.25, 0.3) is 0 Å². The average molecular weight is 212 g/mol. The van der Waals surface area contributed by atoms with Crippen molar-refractivity contribution in [3.63, 3.8) is 0 Å². The van der Waals surface area contributed by atoms with Crippen LogP contribution >= 0.6 is 0 Å². The Bertz CT molecular complexity index is 322. The highest BCUT2D eigenvalue weighted by atomic mass is 16.6. The standard InChI is InChI=1S/C8H8N2O5/c9-5(11)1-3-7(13)15-8(14)4-2-6(10)12/h1-4H,(H2,9,11)(H2,10,12). The zero-order valence-electron chi connectivity index (χ0n) is 7.51. The third-order valence-corrected chi connectivity index (χ3v) is 0.969. The zero-order valence-corrected chi connectivity index (χ0v) is 7.51. The molecule has 0 heterocycles. The Morgan fingerprint density at radius 3 is 1.33 bits per heavy atom. The molecule has 0 unspecified atom stereocenters. The highest BCUT2D eigenvalue weighted by Crippen LogP contribution is 1.85. The molecule has 0 atom stereocenters. The van der Waals surface area contributed by atoms with Crippen LogP contribution in [-0.2, 0) is 23.9 Å². The van der Waals surface area contributed by atoms with Crippen molar-refractivity contribution in [2.45, 2.75) is 0 Å². The van der Waals surface area contributed by atoms with Crippen LogP contribution < -0.4 is 11.5 Å². The summed E-state index contributed by atoms with van der Waals surface area (Å²) in [5.74, 6) is -3.86. The van der Waals surface area contributed by atoms with Gasteiger partial charge in [-0.15, -0.1) is 0 Å². The van der Waals surface area contributed by atoms with Crippen LogP contribution in [0.15, 0.2) is 24.3 Å². The van der Waals surface area contributed by atoms with E-state index in [1.165, 1.54) is 0 Å². The number of amides is 2. The molecule has 0 saturated carbocycles. The smallest absolute Gasteiger partial charge is 0.338 e. The normalized spacial score (nSPS) is 10.4. The summed E-state index contributed by atoms with van der Waals surface area (Å²) < 4.78 is 4.08. The summed E-state index contributed by atoms with van der Waals surface area (Å²) >= 11 is 0. The number of primary amides is 2. The van der Waals surface area contributed by atoms with Gasteiger partial charge in [-0.05, 0) is 0 Å². The Morgan fingerprint density at radius 2 is 1.07 bits per heavy atom. The minimum atomic E-state index is -1.08. The lowest BCUT2D eigenvalue weighted by atomic mass is 10.4. The molecule has 0 rings (SSSR count). The van der Waals surface area contributed by atoms with Gasteiger partial charge in [-0.3, -0.25) is 9.59 Å². The maximum atomic E-state index is 10.7. The molecule has 0 aliphatic carbocycles. The first kappa shape index (κ1) is 12.6. The highest BCUT2D eigenvalue weighted by Gasteiger charge is 2.03. The first-order valence-corrected chi connectivity index (χ1v) is 3.62. The SMILES string of the molecule is NC(=O)C=CC(=O)OC(=O)C=CC(N)=O. The van der Waals surface area contributed by atoms with Gasteiger partial charge in [0.15, 0.2) is 0 Å². The second-order valence-electron chi connectivity index (χ2n) is 2.21. The van der Waals surface area contributed by atoms with E-state index in [0.29, 0.717) is 12.2 Å². The second-order valence-corrected chi connectivity index (χ2v) is 2.21. The molecule has 0 aromatic heterocycles. The Balaban J connectivity index is 4.14. The molecule has 7 heteroatoms. The van der Waals surface area contributed by atoms with Gasteiger partial charge in [0.05, 0.1) is 0 Å². The molecule has 0 spiro atoms. The van der Waals surface area contributed by atoms with E-state index in [1.807, 2.05) is 0 Å². The number of ether oxygens (including phenoxy) is 1. The van der Waals surface area contributed by atoms with Crippen LogP contribution in [0.4, 0.5) is 0 Å². The lowest BCUT2D eigenvalue weighted by Crippen LogP contribution is -2.12. The maximum Gasteiger partial charge on any atom is 0.338 e. The van der Waals surface area contributed by atoms with Crippen molar-refractivity contribution in [1.29, 1.82) is 0 Å². The van der Waals surface area contributed by atoms with Crippen molar-refractivity contribution in [3.8, 4) is 0 Å². The molecule has 7 nitrogen and oxygen atoms in total. The summed E-state index contributed by atoms with van der Waals surface area (Å²) in [4.78, 5) is 41.8. The van der Waals surface area contributed by atoms with Crippen LogP contribution in [0.5, 0.6) is 0 Å². The van der Waals surface area contributed by atoms with E-state index in [1.54, 1.807) is 0 Å². The van der Waals surface area contributed by atoms with Gasteiger partial charge in [0, 0.05) is 24.3 Å². The molecular formula is C8H8N2O5. The minimum absolute atomic E-state index is 0.679. The number of esters is 2. The quantitative estimate of drug-likeness (QED) is 0.320. The van der Waals surface area contributed by atoms with Gasteiger partial charge < -0.3 is 16.2 Å². The summed E-state index contributed by atoms with van der Waals surface area (Å²) in [5, 5.41) is 0. The average Bonchev–Trinajstić information content (AvgIpc) is 2.11. The van der Waals surface area contributed by atoms with E-state index in [2.05, 4.69) is 16.2 Å². The van der Waals surface area contributed by atoms with E-state index in [4.69, 9.17) is 0 Å². The van der Waals surface area contributed by atoms with Gasteiger partial charge in [0.25, 0.3) is 0 Å². The third-order valence-electron chi connectivity index (χ3n) is 0.969. The predicted octanol–water partition coefficient (Wildman–Crippen LogP) is -1.86. The van der Waals surface area contributed by atoms with Gasteiger partial charge in [-0.25, -0.2) is 9.59 Å². The van der Waals surface area contributed by atoms with E-state index in [0.717, 1.165) is 12.2 Å². The molecule has 0 aromatic rings. The molecule has 80 valence electrons. The highest BCUT2D eigenvalue weighted by molar-refractivity contribution is 6.01. The van der Waals surface area contributed by atoms with Crippen LogP contribution in [-0.4, -0.2) is 23.8 Å². The Morgan fingerprint density at radius 1 is 0.733 bits per heavy atom. The summed E-state index contributed by atoms with van der Waals surface area (Å²) in [6.45, 7) is 0. The molecule has 0 aliphatic heterocycles. The maximum absolute atomic E-state index is 10.7. The topological polar surface area (TPSA) is 130 Å². The van der Waals surface area contributed by atoms with Crippen molar-refractivity contribution < 1.29 is 23.9 Å². The number of nitrogens with two attached hydrogens (primary N) is 2. The molecular weight excluding hydrogens is 204 g/mol. The molecule has 0 aromatic carbocycles. The first-order valence-electron chi connectivity index (χ1n) is 3.62. The lowest BCUT2D eigenvalue weighted by molar-refractivity contribution is -0.152. The summed E-state index contributed by atoms with van der Waals surface area (Å²) in [6.07, 6.45) is 2.82. The number of carbonyl (C=O) groups excluding carboxylic acids is 4. The Labute approximate surface area is 84.4 Å². The molecule has 2 amide bonds. The summed E-state index contributed by atoms with van der Waals surface area (Å²) in [6, 6.07) is 0. The summed E-state index contributed by atoms with van der Waals surface area (Å²) in [5.41, 5.74) is 9.35. The minimum Gasteiger partial charge on any atom is -0.387 e. The third kappa shape index (κ3) is 7.91. The van der Waals surface area contributed by atoms with Gasteiger partial charge >= 0.3 is 11.9 Å².